The van der Waals surface area contributed by atoms with Crippen molar-refractivity contribution in [2.24, 2.45) is 0 Å². The van der Waals surface area contributed by atoms with Gasteiger partial charge in [-0.1, -0.05) is 0 Å². The maximum Gasteiger partial charge on any atom is 0.353 e. The van der Waals surface area contributed by atoms with Crippen molar-refractivity contribution in [2.45, 2.75) is 13.8 Å². The Kier molecular flexibility index (Phi) is 5.10. The summed E-state index contributed by atoms with van der Waals surface area (Å²) in [5, 5.41) is 0. The number of rotatable bonds is 6. The Morgan fingerprint density at radius 3 is 2.41 bits per heavy atom. The average molecular weight is 325 g/mol. The first kappa shape index (κ1) is 16.0. The number of esters is 1. The van der Waals surface area contributed by atoms with Gasteiger partial charge in [0, 0.05) is 0 Å². The van der Waals surface area contributed by atoms with E-state index in [1.165, 1.54) is 20.3 Å². The second kappa shape index (κ2) is 7.03. The highest BCUT2D eigenvalue weighted by atomic mass is 32.1. The van der Waals surface area contributed by atoms with Crippen LogP contribution in [0, 0.1) is 6.92 Å². The van der Waals surface area contributed by atoms with Gasteiger partial charge in [-0.05, 0) is 25.4 Å². The summed E-state index contributed by atoms with van der Waals surface area (Å²) in [6.07, 6.45) is 0. The highest BCUT2D eigenvalue weighted by molar-refractivity contribution is 7.08. The molecule has 0 atom stereocenters. The molecule has 0 saturated carbocycles. The summed E-state index contributed by atoms with van der Waals surface area (Å²) in [5.74, 6) is 0.317. The zero-order valence-corrected chi connectivity index (χ0v) is 13.4. The molecule has 0 N–H and O–H groups in total. The van der Waals surface area contributed by atoms with E-state index < -0.39 is 5.97 Å². The van der Waals surface area contributed by atoms with Crippen molar-refractivity contribution in [1.82, 2.24) is 14.3 Å². The number of methoxy groups -OCH3 is 2. The first-order valence-electron chi connectivity index (χ1n) is 6.37. The van der Waals surface area contributed by atoms with Crippen molar-refractivity contribution in [1.29, 1.82) is 0 Å². The fourth-order valence-corrected chi connectivity index (χ4v) is 2.25. The van der Waals surface area contributed by atoms with E-state index in [9.17, 15) is 4.79 Å². The number of aromatic nitrogens is 3. The second-order valence-corrected chi connectivity index (χ2v) is 4.76. The third-order valence-corrected chi connectivity index (χ3v) is 3.44. The standard InChI is InChI=1S/C13H15N3O5S/c1-5-20-12(17)11-10(7(2)16-22-11)21-13-14-8(18-3)6-9(15-13)19-4/h6H,5H2,1-4H3. The van der Waals surface area contributed by atoms with Crippen LogP contribution in [0.25, 0.3) is 0 Å². The summed E-state index contributed by atoms with van der Waals surface area (Å²) in [6.45, 7) is 3.70. The van der Waals surface area contributed by atoms with Gasteiger partial charge in [0.15, 0.2) is 10.6 Å². The average Bonchev–Trinajstić information content (AvgIpc) is 2.88. The van der Waals surface area contributed by atoms with Crippen LogP contribution in [-0.2, 0) is 4.74 Å². The first-order valence-corrected chi connectivity index (χ1v) is 7.14. The number of nitrogens with zero attached hydrogens (tertiary/aromatic N) is 3. The van der Waals surface area contributed by atoms with Gasteiger partial charge in [-0.25, -0.2) is 4.79 Å². The van der Waals surface area contributed by atoms with Crippen molar-refractivity contribution >= 4 is 17.5 Å². The van der Waals surface area contributed by atoms with Gasteiger partial charge >= 0.3 is 12.0 Å². The Morgan fingerprint density at radius 1 is 1.23 bits per heavy atom. The number of hydrogen-bond donors (Lipinski definition) is 0. The molecule has 2 heterocycles. The van der Waals surface area contributed by atoms with Crippen LogP contribution in [0.5, 0.6) is 23.5 Å². The molecule has 0 radical (unpaired) electrons. The smallest absolute Gasteiger partial charge is 0.353 e. The van der Waals surface area contributed by atoms with Crippen molar-refractivity contribution in [3.05, 3.63) is 16.6 Å². The normalized spacial score (nSPS) is 10.2. The molecule has 0 unspecified atom stereocenters. The molecule has 8 nitrogen and oxygen atoms in total. The maximum atomic E-state index is 11.9. The second-order valence-electron chi connectivity index (χ2n) is 3.98. The van der Waals surface area contributed by atoms with E-state index in [0.29, 0.717) is 5.69 Å². The molecule has 0 aliphatic rings. The van der Waals surface area contributed by atoms with Crippen LogP contribution >= 0.6 is 11.5 Å². The van der Waals surface area contributed by atoms with Gasteiger partial charge in [-0.2, -0.15) is 14.3 Å². The molecule has 0 bridgehead atoms. The van der Waals surface area contributed by atoms with Crippen LogP contribution in [-0.4, -0.2) is 41.1 Å². The SMILES string of the molecule is CCOC(=O)c1snc(C)c1Oc1nc(OC)cc(OC)n1. The summed E-state index contributed by atoms with van der Waals surface area (Å²) < 4.78 is 24.8. The lowest BCUT2D eigenvalue weighted by Crippen LogP contribution is -2.05. The van der Waals surface area contributed by atoms with Gasteiger partial charge in [0.25, 0.3) is 0 Å². The number of aryl methyl sites for hydroxylation is 1. The molecule has 2 rings (SSSR count). The van der Waals surface area contributed by atoms with E-state index in [4.69, 9.17) is 18.9 Å². The summed E-state index contributed by atoms with van der Waals surface area (Å²) in [5.41, 5.74) is 0.540. The Morgan fingerprint density at radius 2 is 1.86 bits per heavy atom. The molecule has 0 amide bonds. The fourth-order valence-electron chi connectivity index (χ4n) is 1.54. The predicted molar refractivity (Wildman–Crippen MR) is 78.0 cm³/mol. The summed E-state index contributed by atoms with van der Waals surface area (Å²) in [4.78, 5) is 20.3. The van der Waals surface area contributed by atoms with E-state index in [-0.39, 0.29) is 35.0 Å². The molecule has 0 spiro atoms. The molecule has 9 heteroatoms. The fraction of sp³-hybridized carbons (Fsp3) is 0.385. The minimum atomic E-state index is -0.502. The van der Waals surface area contributed by atoms with Gasteiger partial charge in [0.2, 0.25) is 11.8 Å². The van der Waals surface area contributed by atoms with Gasteiger partial charge < -0.3 is 18.9 Å². The van der Waals surface area contributed by atoms with Crippen LogP contribution in [0.4, 0.5) is 0 Å². The molecular formula is C13H15N3O5S. The molecule has 2 aromatic heterocycles. The van der Waals surface area contributed by atoms with Crippen LogP contribution < -0.4 is 14.2 Å². The molecule has 2 aromatic rings. The minimum Gasteiger partial charge on any atom is -0.481 e. The number of hydrogen-bond acceptors (Lipinski definition) is 9. The van der Waals surface area contributed by atoms with Crippen LogP contribution in [0.2, 0.25) is 0 Å². The zero-order valence-electron chi connectivity index (χ0n) is 12.6. The van der Waals surface area contributed by atoms with E-state index in [0.717, 1.165) is 11.5 Å². The Balaban J connectivity index is 2.34. The van der Waals surface area contributed by atoms with Crippen LogP contribution in [0.15, 0.2) is 6.07 Å². The Labute approximate surface area is 131 Å². The van der Waals surface area contributed by atoms with E-state index >= 15 is 0 Å². The number of carbonyl (C=O) groups is 1. The van der Waals surface area contributed by atoms with E-state index in [1.807, 2.05) is 0 Å². The lowest BCUT2D eigenvalue weighted by atomic mass is 10.3. The van der Waals surface area contributed by atoms with Gasteiger partial charge in [0.05, 0.1) is 32.6 Å². The molecule has 22 heavy (non-hydrogen) atoms. The molecule has 0 aromatic carbocycles. The van der Waals surface area contributed by atoms with E-state index in [1.54, 1.807) is 13.8 Å². The Hall–Kier alpha value is -2.42. The van der Waals surface area contributed by atoms with E-state index in [2.05, 4.69) is 14.3 Å². The number of carbonyl (C=O) groups excluding carboxylic acids is 1. The lowest BCUT2D eigenvalue weighted by molar-refractivity contribution is 0.0529. The van der Waals surface area contributed by atoms with Crippen molar-refractivity contribution < 1.29 is 23.7 Å². The van der Waals surface area contributed by atoms with Crippen LogP contribution in [0.3, 0.4) is 0 Å². The highest BCUT2D eigenvalue weighted by Crippen LogP contribution is 2.32. The predicted octanol–water partition coefficient (Wildman–Crippen LogP) is 2.23. The van der Waals surface area contributed by atoms with Crippen molar-refractivity contribution in [2.75, 3.05) is 20.8 Å². The maximum absolute atomic E-state index is 11.9. The molecule has 118 valence electrons. The highest BCUT2D eigenvalue weighted by Gasteiger charge is 2.22. The summed E-state index contributed by atoms with van der Waals surface area (Å²) >= 11 is 0.996. The lowest BCUT2D eigenvalue weighted by Gasteiger charge is -2.08. The molecule has 0 aliphatic carbocycles. The zero-order chi connectivity index (χ0) is 16.1. The quantitative estimate of drug-likeness (QED) is 0.746. The summed E-state index contributed by atoms with van der Waals surface area (Å²) in [6, 6.07) is 1.50. The monoisotopic (exact) mass is 325 g/mol. The van der Waals surface area contributed by atoms with Gasteiger partial charge in [-0.3, -0.25) is 0 Å². The third-order valence-electron chi connectivity index (χ3n) is 2.54. The largest absolute Gasteiger partial charge is 0.481 e. The van der Waals surface area contributed by atoms with Gasteiger partial charge in [-0.15, -0.1) is 0 Å². The molecule has 0 aliphatic heterocycles. The minimum absolute atomic E-state index is 0.00921. The third kappa shape index (κ3) is 3.42. The van der Waals surface area contributed by atoms with Crippen molar-refractivity contribution in [3.63, 3.8) is 0 Å². The molecule has 0 fully saturated rings. The first-order chi connectivity index (χ1) is 10.6. The van der Waals surface area contributed by atoms with Crippen LogP contribution in [0.1, 0.15) is 22.3 Å². The molecular weight excluding hydrogens is 310 g/mol. The topological polar surface area (TPSA) is 92.7 Å². The number of ether oxygens (including phenoxy) is 4. The Bertz CT molecular complexity index is 651. The van der Waals surface area contributed by atoms with Crippen molar-refractivity contribution in [3.8, 4) is 23.5 Å². The summed E-state index contributed by atoms with van der Waals surface area (Å²) in [7, 11) is 2.93. The molecule has 0 saturated heterocycles. The van der Waals surface area contributed by atoms with Gasteiger partial charge in [0.1, 0.15) is 0 Å².